The van der Waals surface area contributed by atoms with Gasteiger partial charge < -0.3 is 20.7 Å². The van der Waals surface area contributed by atoms with Crippen molar-refractivity contribution in [2.45, 2.75) is 25.0 Å². The number of piperidine rings is 1. The smallest absolute Gasteiger partial charge is 0.255 e. The third-order valence-corrected chi connectivity index (χ3v) is 8.31. The number of sulfone groups is 1. The second-order valence-corrected chi connectivity index (χ2v) is 11.7. The largest absolute Gasteiger partial charge is 0.496 e. The van der Waals surface area contributed by atoms with E-state index in [1.54, 1.807) is 30.3 Å². The maximum atomic E-state index is 12.6. The van der Waals surface area contributed by atoms with Crippen LogP contribution in [0.15, 0.2) is 36.4 Å². The van der Waals surface area contributed by atoms with Crippen molar-refractivity contribution in [2.24, 2.45) is 5.92 Å². The van der Waals surface area contributed by atoms with E-state index in [0.717, 1.165) is 38.0 Å². The molecular formula is C24H31Cl2N3O4S. The summed E-state index contributed by atoms with van der Waals surface area (Å²) in [6, 6.07) is 9.99. The Labute approximate surface area is 211 Å². The molecule has 0 spiro atoms. The van der Waals surface area contributed by atoms with Crippen LogP contribution in [0.2, 0.25) is 10.0 Å². The molecule has 10 heteroatoms. The molecule has 1 aliphatic heterocycles. The third kappa shape index (κ3) is 7.77. The summed E-state index contributed by atoms with van der Waals surface area (Å²) in [5.74, 6) is 0.712. The number of nitrogen functional groups attached to an aromatic ring is 1. The number of nitrogens with zero attached hydrogens (tertiary/aromatic N) is 1. The van der Waals surface area contributed by atoms with Crippen LogP contribution < -0.4 is 15.8 Å². The van der Waals surface area contributed by atoms with Crippen molar-refractivity contribution in [1.29, 1.82) is 0 Å². The van der Waals surface area contributed by atoms with E-state index in [0.29, 0.717) is 45.9 Å². The molecule has 3 N–H and O–H groups in total. The number of anilines is 1. The van der Waals surface area contributed by atoms with Crippen molar-refractivity contribution < 1.29 is 17.9 Å². The van der Waals surface area contributed by atoms with Gasteiger partial charge >= 0.3 is 0 Å². The molecule has 0 unspecified atom stereocenters. The number of hydrogen-bond acceptors (Lipinski definition) is 6. The van der Waals surface area contributed by atoms with Gasteiger partial charge in [0.05, 0.1) is 34.9 Å². The summed E-state index contributed by atoms with van der Waals surface area (Å²) in [4.78, 5) is 14.9. The van der Waals surface area contributed by atoms with E-state index in [2.05, 4.69) is 10.2 Å². The number of carbonyl (C=O) groups excluding carboxylic acids is 1. The minimum absolute atomic E-state index is 0.0376. The minimum atomic E-state index is -3.16. The average Bonchev–Trinajstić information content (AvgIpc) is 2.81. The number of rotatable bonds is 10. The van der Waals surface area contributed by atoms with Crippen molar-refractivity contribution in [2.75, 3.05) is 44.8 Å². The lowest BCUT2D eigenvalue weighted by atomic mass is 9.96. The summed E-state index contributed by atoms with van der Waals surface area (Å²) in [5.41, 5.74) is 7.26. The van der Waals surface area contributed by atoms with Crippen molar-refractivity contribution in [3.05, 3.63) is 57.6 Å². The number of likely N-dealkylation sites (tertiary alicyclic amines) is 1. The van der Waals surface area contributed by atoms with Crippen LogP contribution in [0.4, 0.5) is 5.69 Å². The number of hydrogen-bond donors (Lipinski definition) is 2. The fraction of sp³-hybridized carbons (Fsp3) is 0.458. The lowest BCUT2D eigenvalue weighted by molar-refractivity contribution is 0.0933. The zero-order valence-electron chi connectivity index (χ0n) is 19.2. The average molecular weight is 529 g/mol. The normalized spacial score (nSPS) is 15.3. The Morgan fingerprint density at radius 2 is 1.85 bits per heavy atom. The van der Waals surface area contributed by atoms with Crippen molar-refractivity contribution >= 4 is 44.6 Å². The fourth-order valence-electron chi connectivity index (χ4n) is 4.08. The predicted molar refractivity (Wildman–Crippen MR) is 137 cm³/mol. The number of halogens is 2. The van der Waals surface area contributed by atoms with Crippen LogP contribution in [0.25, 0.3) is 0 Å². The molecule has 1 saturated heterocycles. The van der Waals surface area contributed by atoms with Crippen molar-refractivity contribution in [3.63, 3.8) is 0 Å². The highest BCUT2D eigenvalue weighted by Crippen LogP contribution is 2.29. The maximum absolute atomic E-state index is 12.6. The SMILES string of the molecule is COc1cc(N)c(Cl)cc1C(=O)NCC1CCN(CCCS(=O)(=O)Cc2ccc(Cl)cc2)CC1. The first-order valence-corrected chi connectivity index (χ1v) is 13.8. The summed E-state index contributed by atoms with van der Waals surface area (Å²) in [5, 5.41) is 3.88. The number of ether oxygens (including phenoxy) is 1. The molecule has 0 saturated carbocycles. The van der Waals surface area contributed by atoms with Gasteiger partial charge in [-0.3, -0.25) is 4.79 Å². The first-order chi connectivity index (χ1) is 16.2. The topological polar surface area (TPSA) is 102 Å². The molecule has 0 atom stereocenters. The Morgan fingerprint density at radius 1 is 1.18 bits per heavy atom. The van der Waals surface area contributed by atoms with Crippen molar-refractivity contribution in [3.8, 4) is 5.75 Å². The molecular weight excluding hydrogens is 497 g/mol. The highest BCUT2D eigenvalue weighted by atomic mass is 35.5. The van der Waals surface area contributed by atoms with E-state index in [-0.39, 0.29) is 17.4 Å². The molecule has 3 rings (SSSR count). The Bertz CT molecular complexity index is 1090. The van der Waals surface area contributed by atoms with Crippen LogP contribution in [-0.2, 0) is 15.6 Å². The second kappa shape index (κ2) is 12.1. The number of carbonyl (C=O) groups is 1. The Morgan fingerprint density at radius 3 is 2.50 bits per heavy atom. The van der Waals surface area contributed by atoms with Gasteiger partial charge in [0.25, 0.3) is 5.91 Å². The van der Waals surface area contributed by atoms with E-state index in [4.69, 9.17) is 33.7 Å². The van der Waals surface area contributed by atoms with Crippen molar-refractivity contribution in [1.82, 2.24) is 10.2 Å². The number of nitrogens with one attached hydrogen (secondary N) is 1. The first kappa shape index (κ1) is 26.6. The standard InChI is InChI=1S/C24H31Cl2N3O4S/c1-33-23-14-22(27)21(26)13-20(23)24(30)28-15-17-7-10-29(11-8-17)9-2-12-34(31,32)16-18-3-5-19(25)6-4-18/h3-6,13-14,17H,2,7-12,15-16,27H2,1H3,(H,28,30). The molecule has 186 valence electrons. The number of benzene rings is 2. The molecule has 0 bridgehead atoms. The van der Waals surface area contributed by atoms with Crippen LogP contribution in [0.5, 0.6) is 5.75 Å². The molecule has 1 fully saturated rings. The molecule has 1 heterocycles. The van der Waals surface area contributed by atoms with E-state index < -0.39 is 9.84 Å². The monoisotopic (exact) mass is 527 g/mol. The number of amides is 1. The van der Waals surface area contributed by atoms with Gasteiger partial charge in [0, 0.05) is 17.6 Å². The number of nitrogens with two attached hydrogens (primary N) is 1. The van der Waals surface area contributed by atoms with E-state index in [9.17, 15) is 13.2 Å². The van der Waals surface area contributed by atoms with Gasteiger partial charge in [-0.15, -0.1) is 0 Å². The first-order valence-electron chi connectivity index (χ1n) is 11.3. The summed E-state index contributed by atoms with van der Waals surface area (Å²) in [7, 11) is -1.68. The van der Waals surface area contributed by atoms with Gasteiger partial charge in [0.1, 0.15) is 5.75 Å². The van der Waals surface area contributed by atoms with E-state index >= 15 is 0 Å². The van der Waals surface area contributed by atoms with Gasteiger partial charge in [-0.25, -0.2) is 8.42 Å². The summed E-state index contributed by atoms with van der Waals surface area (Å²) in [6.45, 7) is 3.08. The third-order valence-electron chi connectivity index (χ3n) is 6.05. The molecule has 2 aromatic carbocycles. The summed E-state index contributed by atoms with van der Waals surface area (Å²) < 4.78 is 30.1. The molecule has 2 aromatic rings. The molecule has 0 aromatic heterocycles. The zero-order chi connectivity index (χ0) is 24.7. The summed E-state index contributed by atoms with van der Waals surface area (Å²) >= 11 is 11.9. The quantitative estimate of drug-likeness (QED) is 0.452. The lowest BCUT2D eigenvalue weighted by Gasteiger charge is -2.32. The Balaban J connectivity index is 1.38. The van der Waals surface area contributed by atoms with Crippen LogP contribution in [0.3, 0.4) is 0 Å². The van der Waals surface area contributed by atoms with Gasteiger partial charge in [-0.1, -0.05) is 35.3 Å². The lowest BCUT2D eigenvalue weighted by Crippen LogP contribution is -2.39. The van der Waals surface area contributed by atoms with Gasteiger partial charge in [-0.2, -0.15) is 0 Å². The molecule has 0 radical (unpaired) electrons. The van der Waals surface area contributed by atoms with Crippen LogP contribution in [0.1, 0.15) is 35.2 Å². The van der Waals surface area contributed by atoms with Crippen LogP contribution in [0, 0.1) is 5.92 Å². The van der Waals surface area contributed by atoms with Crippen LogP contribution in [-0.4, -0.2) is 58.3 Å². The minimum Gasteiger partial charge on any atom is -0.496 e. The zero-order valence-corrected chi connectivity index (χ0v) is 21.6. The molecule has 34 heavy (non-hydrogen) atoms. The highest BCUT2D eigenvalue weighted by Gasteiger charge is 2.22. The highest BCUT2D eigenvalue weighted by molar-refractivity contribution is 7.90. The second-order valence-electron chi connectivity index (χ2n) is 8.64. The number of methoxy groups -OCH3 is 1. The Hall–Kier alpha value is -2.00. The molecule has 1 amide bonds. The molecule has 7 nitrogen and oxygen atoms in total. The Kier molecular flexibility index (Phi) is 9.47. The van der Waals surface area contributed by atoms with Crippen LogP contribution >= 0.6 is 23.2 Å². The molecule has 0 aliphatic carbocycles. The predicted octanol–water partition coefficient (Wildman–Crippen LogP) is 4.03. The van der Waals surface area contributed by atoms with E-state index in [1.165, 1.54) is 13.2 Å². The van der Waals surface area contributed by atoms with E-state index in [1.807, 2.05) is 0 Å². The molecule has 1 aliphatic rings. The van der Waals surface area contributed by atoms with Gasteiger partial charge in [0.15, 0.2) is 9.84 Å². The van der Waals surface area contributed by atoms with Gasteiger partial charge in [0.2, 0.25) is 0 Å². The fourth-order valence-corrected chi connectivity index (χ4v) is 5.78. The summed E-state index contributed by atoms with van der Waals surface area (Å²) in [6.07, 6.45) is 2.49. The maximum Gasteiger partial charge on any atom is 0.255 e. The van der Waals surface area contributed by atoms with Gasteiger partial charge in [-0.05, 0) is 68.6 Å².